The van der Waals surface area contributed by atoms with Gasteiger partial charge in [-0.25, -0.2) is 4.98 Å². The number of amides is 1. The van der Waals surface area contributed by atoms with Crippen LogP contribution in [-0.4, -0.2) is 79.3 Å². The molecule has 8 nitrogen and oxygen atoms in total. The molecule has 1 aliphatic carbocycles. The van der Waals surface area contributed by atoms with E-state index in [1.807, 2.05) is 44.2 Å². The Labute approximate surface area is 296 Å². The molecular formula is C40H45F3N4O4. The summed E-state index contributed by atoms with van der Waals surface area (Å²) in [6.45, 7) is 9.00. The summed E-state index contributed by atoms with van der Waals surface area (Å²) in [7, 11) is 1.55. The molecule has 3 aliphatic rings. The fraction of sp³-hybridized carbons (Fsp3) is 0.450. The number of piperidine rings is 1. The molecule has 1 amide bonds. The summed E-state index contributed by atoms with van der Waals surface area (Å²) in [4.78, 5) is 24.7. The lowest BCUT2D eigenvalue weighted by molar-refractivity contribution is -0.137. The number of pyridine rings is 1. The number of halogens is 3. The molecule has 1 N–H and O–H groups in total. The topological polar surface area (TPSA) is 76.2 Å². The van der Waals surface area contributed by atoms with Gasteiger partial charge < -0.3 is 19.5 Å². The van der Waals surface area contributed by atoms with Crippen LogP contribution in [0.3, 0.4) is 0 Å². The number of alkyl halides is 3. The normalized spacial score (nSPS) is 18.6. The number of aromatic nitrogens is 1. The molecule has 2 saturated heterocycles. The summed E-state index contributed by atoms with van der Waals surface area (Å²) >= 11 is 0. The van der Waals surface area contributed by atoms with Gasteiger partial charge in [-0.3, -0.25) is 14.6 Å². The first-order valence-electron chi connectivity index (χ1n) is 17.9. The van der Waals surface area contributed by atoms with Crippen LogP contribution in [0.5, 0.6) is 11.5 Å². The van der Waals surface area contributed by atoms with Gasteiger partial charge >= 0.3 is 6.18 Å². The molecular weight excluding hydrogens is 657 g/mol. The maximum Gasteiger partial charge on any atom is 0.416 e. The van der Waals surface area contributed by atoms with Crippen LogP contribution in [0, 0.1) is 0 Å². The summed E-state index contributed by atoms with van der Waals surface area (Å²) in [5.74, 6) is 0.588. The summed E-state index contributed by atoms with van der Waals surface area (Å²) in [6.07, 6.45) is -1.26. The Morgan fingerprint density at radius 2 is 1.71 bits per heavy atom. The van der Waals surface area contributed by atoms with Gasteiger partial charge in [0, 0.05) is 48.3 Å². The lowest BCUT2D eigenvalue weighted by Crippen LogP contribution is -2.48. The van der Waals surface area contributed by atoms with Gasteiger partial charge in [-0.15, -0.1) is 0 Å². The highest BCUT2D eigenvalue weighted by Crippen LogP contribution is 2.46. The molecule has 11 heteroatoms. The third kappa shape index (κ3) is 7.56. The Morgan fingerprint density at radius 3 is 2.35 bits per heavy atom. The van der Waals surface area contributed by atoms with Crippen molar-refractivity contribution in [1.82, 2.24) is 20.1 Å². The van der Waals surface area contributed by atoms with Gasteiger partial charge in [0.25, 0.3) is 5.91 Å². The Balaban J connectivity index is 1.37. The number of nitrogens with one attached hydrogen (secondary N) is 1. The third-order valence-electron chi connectivity index (χ3n) is 10.4. The van der Waals surface area contributed by atoms with Crippen molar-refractivity contribution in [3.63, 3.8) is 0 Å². The van der Waals surface area contributed by atoms with Gasteiger partial charge in [0.05, 0.1) is 54.3 Å². The van der Waals surface area contributed by atoms with E-state index in [1.165, 1.54) is 6.07 Å². The number of hydrogen-bond acceptors (Lipinski definition) is 7. The first-order chi connectivity index (χ1) is 24.5. The van der Waals surface area contributed by atoms with Crippen molar-refractivity contribution in [3.8, 4) is 22.8 Å². The molecule has 1 saturated carbocycles. The smallest absolute Gasteiger partial charge is 0.416 e. The zero-order valence-corrected chi connectivity index (χ0v) is 29.4. The van der Waals surface area contributed by atoms with E-state index in [-0.39, 0.29) is 12.0 Å². The zero-order valence-electron chi connectivity index (χ0n) is 29.4. The summed E-state index contributed by atoms with van der Waals surface area (Å²) in [6, 6.07) is 19.1. The second kappa shape index (κ2) is 14.4. The lowest BCUT2D eigenvalue weighted by Gasteiger charge is -2.40. The molecule has 7 rings (SSSR count). The molecule has 3 heterocycles. The van der Waals surface area contributed by atoms with Crippen molar-refractivity contribution in [3.05, 3.63) is 89.0 Å². The molecule has 1 aromatic heterocycles. The first kappa shape index (κ1) is 35.2. The fourth-order valence-electron chi connectivity index (χ4n) is 7.57. The van der Waals surface area contributed by atoms with Gasteiger partial charge in [-0.2, -0.15) is 13.2 Å². The van der Waals surface area contributed by atoms with E-state index in [1.54, 1.807) is 25.3 Å². The number of carbonyl (C=O) groups is 1. The van der Waals surface area contributed by atoms with Crippen molar-refractivity contribution in [2.24, 2.45) is 0 Å². The molecule has 4 aromatic rings. The number of methoxy groups -OCH3 is 1. The Hall–Kier alpha value is -4.19. The average Bonchev–Trinajstić information content (AvgIpc) is 3.92. The molecule has 0 bridgehead atoms. The van der Waals surface area contributed by atoms with Crippen molar-refractivity contribution in [2.75, 3.05) is 46.5 Å². The van der Waals surface area contributed by atoms with Crippen molar-refractivity contribution in [2.45, 2.75) is 69.9 Å². The molecule has 2 aliphatic heterocycles. The zero-order chi connectivity index (χ0) is 35.8. The second-order valence-corrected chi connectivity index (χ2v) is 14.1. The molecule has 0 radical (unpaired) electrons. The highest BCUT2D eigenvalue weighted by molar-refractivity contribution is 6.10. The van der Waals surface area contributed by atoms with Crippen LogP contribution in [-0.2, 0) is 23.0 Å². The molecule has 3 aromatic carbocycles. The van der Waals surface area contributed by atoms with E-state index in [2.05, 4.69) is 15.1 Å². The number of nitrogens with zero attached hydrogens (tertiary/aromatic N) is 3. The van der Waals surface area contributed by atoms with Gasteiger partial charge in [-0.05, 0) is 76.4 Å². The highest BCUT2D eigenvalue weighted by Gasteiger charge is 2.46. The van der Waals surface area contributed by atoms with Crippen LogP contribution in [0.2, 0.25) is 0 Å². The van der Waals surface area contributed by atoms with Crippen LogP contribution in [0.4, 0.5) is 13.2 Å². The molecule has 0 spiro atoms. The van der Waals surface area contributed by atoms with Gasteiger partial charge in [0.15, 0.2) is 11.5 Å². The number of ether oxygens (including phenoxy) is 3. The van der Waals surface area contributed by atoms with E-state index in [9.17, 15) is 18.0 Å². The first-order valence-corrected chi connectivity index (χ1v) is 17.9. The quantitative estimate of drug-likeness (QED) is 0.184. The minimum absolute atomic E-state index is 0.178. The number of rotatable bonds is 10. The summed E-state index contributed by atoms with van der Waals surface area (Å²) in [5.41, 5.74) is 1.78. The predicted octanol–water partition coefficient (Wildman–Crippen LogP) is 7.43. The Morgan fingerprint density at radius 1 is 0.980 bits per heavy atom. The predicted molar refractivity (Wildman–Crippen MR) is 190 cm³/mol. The van der Waals surface area contributed by atoms with Crippen LogP contribution >= 0.6 is 0 Å². The summed E-state index contributed by atoms with van der Waals surface area (Å²) in [5, 5.41) is 3.92. The van der Waals surface area contributed by atoms with Crippen LogP contribution in [0.15, 0.2) is 66.7 Å². The van der Waals surface area contributed by atoms with Gasteiger partial charge in [-0.1, -0.05) is 42.5 Å². The number of fused-ring (bicyclic) bond motifs is 1. The molecule has 0 unspecified atom stereocenters. The molecule has 51 heavy (non-hydrogen) atoms. The number of hydrogen-bond donors (Lipinski definition) is 1. The van der Waals surface area contributed by atoms with Crippen molar-refractivity contribution in [1.29, 1.82) is 0 Å². The molecule has 3 fully saturated rings. The Kier molecular flexibility index (Phi) is 9.97. The Bertz CT molecular complexity index is 1870. The van der Waals surface area contributed by atoms with E-state index in [0.717, 1.165) is 82.8 Å². The van der Waals surface area contributed by atoms with Crippen molar-refractivity contribution < 1.29 is 32.2 Å². The van der Waals surface area contributed by atoms with Gasteiger partial charge in [0.2, 0.25) is 0 Å². The SMILES string of the molecule is COc1cc2c(C(=O)NC3(c4ccccc4)CC3)c(CN3CCC(N4CCOCC4)CC3)c(-c3cccc(C(F)(F)F)c3)nc2cc1OC(C)C. The highest BCUT2D eigenvalue weighted by atomic mass is 19.4. The van der Waals surface area contributed by atoms with E-state index < -0.39 is 17.3 Å². The largest absolute Gasteiger partial charge is 0.493 e. The van der Waals surface area contributed by atoms with Gasteiger partial charge in [0.1, 0.15) is 0 Å². The maximum absolute atomic E-state index is 14.9. The molecule has 0 atom stereocenters. The maximum atomic E-state index is 14.9. The van der Waals surface area contributed by atoms with Crippen molar-refractivity contribution >= 4 is 16.8 Å². The minimum atomic E-state index is -4.55. The van der Waals surface area contributed by atoms with Crippen LogP contribution < -0.4 is 14.8 Å². The monoisotopic (exact) mass is 702 g/mol. The third-order valence-corrected chi connectivity index (χ3v) is 10.4. The standard InChI is InChI=1S/C40H45F3N4O4/c1-26(2)51-35-24-33-31(23-34(35)49-3)36(38(48)45-39(14-15-39)28-9-5-4-6-10-28)32(37(44-33)27-8-7-11-29(22-27)40(41,42)43)25-46-16-12-30(13-17-46)47-18-20-50-21-19-47/h4-11,22-24,26,30H,12-21,25H2,1-3H3,(H,45,48). The van der Waals surface area contributed by atoms with Crippen LogP contribution in [0.1, 0.15) is 66.6 Å². The minimum Gasteiger partial charge on any atom is -0.493 e. The van der Waals surface area contributed by atoms with E-state index >= 15 is 0 Å². The lowest BCUT2D eigenvalue weighted by atomic mass is 9.93. The number of benzene rings is 3. The summed E-state index contributed by atoms with van der Waals surface area (Å²) < 4.78 is 59.7. The average molecular weight is 703 g/mol. The van der Waals surface area contributed by atoms with E-state index in [0.29, 0.717) is 57.4 Å². The van der Waals surface area contributed by atoms with Crippen LogP contribution in [0.25, 0.3) is 22.2 Å². The fourth-order valence-corrected chi connectivity index (χ4v) is 7.57. The van der Waals surface area contributed by atoms with E-state index in [4.69, 9.17) is 19.2 Å². The number of carbonyl (C=O) groups excluding carboxylic acids is 1. The number of likely N-dealkylation sites (tertiary alicyclic amines) is 1. The second-order valence-electron chi connectivity index (χ2n) is 14.1. The number of morpholine rings is 1. The molecule has 270 valence electrons.